The molecule has 11 nitrogen and oxygen atoms in total. The van der Waals surface area contributed by atoms with Crippen LogP contribution in [0.4, 0.5) is 0 Å². The molecular formula is C60H95O11P. The van der Waals surface area contributed by atoms with E-state index in [1.165, 1.54) is 0 Å². The van der Waals surface area contributed by atoms with Gasteiger partial charge < -0.3 is 24.2 Å². The summed E-state index contributed by atoms with van der Waals surface area (Å²) < 4.78 is 39.3. The van der Waals surface area contributed by atoms with Gasteiger partial charge in [0.2, 0.25) is 0 Å². The summed E-state index contributed by atoms with van der Waals surface area (Å²) in [5.74, 6) is -1.63. The smallest absolute Gasteiger partial charge is 0.462 e. The van der Waals surface area contributed by atoms with Gasteiger partial charge in [0, 0.05) is 19.3 Å². The van der Waals surface area contributed by atoms with Crippen molar-refractivity contribution < 1.29 is 52.2 Å². The molecule has 0 amide bonds. The molecule has 0 saturated heterocycles. The number of phosphoric ester groups is 1. The first-order chi connectivity index (χ1) is 35.2. The molecule has 0 aromatic carbocycles. The third-order valence-electron chi connectivity index (χ3n) is 10.5. The van der Waals surface area contributed by atoms with Crippen molar-refractivity contribution in [2.75, 3.05) is 26.4 Å². The first-order valence-electron chi connectivity index (χ1n) is 27.1. The molecule has 0 rings (SSSR count). The van der Waals surface area contributed by atoms with Crippen LogP contribution >= 0.6 is 7.82 Å². The minimum absolute atomic E-state index is 0.0295. The Morgan fingerprint density at radius 2 is 0.750 bits per heavy atom. The van der Waals surface area contributed by atoms with E-state index < -0.39 is 57.8 Å². The quantitative estimate of drug-likeness (QED) is 0.0197. The Bertz CT molecular complexity index is 1710. The van der Waals surface area contributed by atoms with E-state index in [9.17, 15) is 28.9 Å². The molecule has 0 aromatic heterocycles. The Morgan fingerprint density at radius 1 is 0.403 bits per heavy atom. The van der Waals surface area contributed by atoms with Gasteiger partial charge >= 0.3 is 25.7 Å². The van der Waals surface area contributed by atoms with Crippen LogP contribution in [0.1, 0.15) is 188 Å². The highest BCUT2D eigenvalue weighted by molar-refractivity contribution is 7.47. The van der Waals surface area contributed by atoms with E-state index in [0.29, 0.717) is 25.7 Å². The van der Waals surface area contributed by atoms with Crippen LogP contribution < -0.4 is 0 Å². The molecule has 406 valence electrons. The second-order valence-corrected chi connectivity index (χ2v) is 18.7. The number of unbranched alkanes of at least 4 members (excludes halogenated alkanes) is 9. The number of allylic oxidation sites excluding steroid dienone is 22. The fraction of sp³-hybridized carbons (Fsp3) is 0.583. The van der Waals surface area contributed by atoms with E-state index in [2.05, 4.69) is 142 Å². The normalized spacial score (nSPS) is 14.5. The number of carbonyl (C=O) groups is 3. The minimum atomic E-state index is -4.78. The number of ether oxygens (including phenoxy) is 3. The Balaban J connectivity index is 4.92. The number of aliphatic hydroxyl groups excluding tert-OH is 1. The minimum Gasteiger partial charge on any atom is -0.462 e. The highest BCUT2D eigenvalue weighted by Crippen LogP contribution is 2.43. The highest BCUT2D eigenvalue weighted by Gasteiger charge is 2.28. The average molecular weight is 1020 g/mol. The third-order valence-corrected chi connectivity index (χ3v) is 11.5. The van der Waals surface area contributed by atoms with E-state index >= 15 is 0 Å². The second-order valence-electron chi connectivity index (χ2n) is 17.3. The van der Waals surface area contributed by atoms with Crippen molar-refractivity contribution in [3.8, 4) is 0 Å². The van der Waals surface area contributed by atoms with Gasteiger partial charge in [0.05, 0.1) is 19.8 Å². The molecule has 3 unspecified atom stereocenters. The first-order valence-corrected chi connectivity index (χ1v) is 28.6. The van der Waals surface area contributed by atoms with E-state index in [0.717, 1.165) is 122 Å². The third kappa shape index (κ3) is 50.6. The molecule has 0 bridgehead atoms. The highest BCUT2D eigenvalue weighted by atomic mass is 31.2. The standard InChI is InChI=1S/C60H95O11P/c1-4-7-10-13-16-19-22-25-26-27-28-29-30-33-36-39-42-45-48-51-60(64)71-57(53-67-58(62)49-46-43-40-37-34-31-23-20-17-14-11-8-5-2)55-69-72(65,66)68-54-56(52-61)70-59(63)50-47-44-41-38-35-32-24-21-18-15-12-9-6-3/h7,9-12,14,16,18-21,23,25-26,28-29,32-33,35-36,42,45,56-57,61H,4-6,8,13,15,17,22,24,27,30-31,34,37-41,43-44,46-55H2,1-3H3,(H,65,66)/b10-7-,12-9-,14-11-,19-16-,21-18-,23-20-,26-25-,29-28-,35-32-,36-33-,45-42-. The first kappa shape index (κ1) is 67.6. The van der Waals surface area contributed by atoms with Crippen molar-refractivity contribution in [3.63, 3.8) is 0 Å². The molecule has 0 radical (unpaired) electrons. The molecule has 12 heteroatoms. The molecule has 2 N–H and O–H groups in total. The maximum absolute atomic E-state index is 12.9. The summed E-state index contributed by atoms with van der Waals surface area (Å²) in [5, 5.41) is 9.78. The van der Waals surface area contributed by atoms with E-state index in [4.69, 9.17) is 23.3 Å². The molecule has 0 fully saturated rings. The Labute approximate surface area is 436 Å². The molecule has 0 spiro atoms. The largest absolute Gasteiger partial charge is 0.472 e. The van der Waals surface area contributed by atoms with Gasteiger partial charge in [-0.05, 0) is 116 Å². The molecule has 0 saturated carbocycles. The van der Waals surface area contributed by atoms with Gasteiger partial charge in [-0.1, -0.05) is 187 Å². The lowest BCUT2D eigenvalue weighted by Crippen LogP contribution is -2.30. The Kier molecular flexibility index (Phi) is 49.7. The average Bonchev–Trinajstić information content (AvgIpc) is 3.37. The molecule has 0 aliphatic heterocycles. The lowest BCUT2D eigenvalue weighted by molar-refractivity contribution is -0.161. The number of phosphoric acid groups is 1. The monoisotopic (exact) mass is 1020 g/mol. The van der Waals surface area contributed by atoms with Gasteiger partial charge in [-0.15, -0.1) is 0 Å². The Hall–Kier alpha value is -4.38. The summed E-state index contributed by atoms with van der Waals surface area (Å²) in [6.07, 6.45) is 65.8. The topological polar surface area (TPSA) is 155 Å². The predicted octanol–water partition coefficient (Wildman–Crippen LogP) is 15.8. The molecule has 0 aliphatic rings. The number of carbonyl (C=O) groups excluding carboxylic acids is 3. The van der Waals surface area contributed by atoms with Gasteiger partial charge in [-0.2, -0.15) is 0 Å². The zero-order chi connectivity index (χ0) is 52.7. The van der Waals surface area contributed by atoms with Crippen molar-refractivity contribution in [2.45, 2.75) is 200 Å². The van der Waals surface area contributed by atoms with Gasteiger partial charge in [-0.25, -0.2) is 4.57 Å². The van der Waals surface area contributed by atoms with E-state index in [1.807, 2.05) is 12.2 Å². The van der Waals surface area contributed by atoms with Crippen LogP contribution in [0.15, 0.2) is 134 Å². The van der Waals surface area contributed by atoms with Crippen molar-refractivity contribution in [1.82, 2.24) is 0 Å². The van der Waals surface area contributed by atoms with Gasteiger partial charge in [0.25, 0.3) is 0 Å². The van der Waals surface area contributed by atoms with Crippen molar-refractivity contribution in [1.29, 1.82) is 0 Å². The van der Waals surface area contributed by atoms with Gasteiger partial charge in [0.15, 0.2) is 6.10 Å². The lowest BCUT2D eigenvalue weighted by Gasteiger charge is -2.21. The SMILES string of the molecule is CC/C=C\C/C=C\C/C=C\C/C=C\C/C=C\C/C=C\CCC(=O)OC(COC(=O)CCCCCCC/C=C\C/C=C\CCC)COP(=O)(O)OCC(CO)OC(=O)CCCCC/C=C\C/C=C\C/C=C\CC. The van der Waals surface area contributed by atoms with Crippen molar-refractivity contribution >= 4 is 25.7 Å². The number of hydrogen-bond donors (Lipinski definition) is 2. The van der Waals surface area contributed by atoms with Gasteiger partial charge in [0.1, 0.15) is 12.7 Å². The molecule has 3 atom stereocenters. The van der Waals surface area contributed by atoms with Crippen LogP contribution in [0, 0.1) is 0 Å². The number of rotatable bonds is 48. The van der Waals surface area contributed by atoms with E-state index in [-0.39, 0.29) is 25.9 Å². The molecule has 0 aromatic rings. The number of aliphatic hydroxyl groups is 1. The molecular weight excluding hydrogens is 928 g/mol. The lowest BCUT2D eigenvalue weighted by atomic mass is 10.1. The summed E-state index contributed by atoms with van der Waals surface area (Å²) in [6.45, 7) is 4.18. The summed E-state index contributed by atoms with van der Waals surface area (Å²) >= 11 is 0. The predicted molar refractivity (Wildman–Crippen MR) is 297 cm³/mol. The van der Waals surface area contributed by atoms with Crippen LogP contribution in [-0.4, -0.2) is 66.5 Å². The summed E-state index contributed by atoms with van der Waals surface area (Å²) in [4.78, 5) is 48.4. The number of esters is 3. The van der Waals surface area contributed by atoms with Crippen molar-refractivity contribution in [3.05, 3.63) is 134 Å². The zero-order valence-corrected chi connectivity index (χ0v) is 45.5. The van der Waals surface area contributed by atoms with Crippen LogP contribution in [-0.2, 0) is 42.2 Å². The summed E-state index contributed by atoms with van der Waals surface area (Å²) in [5.41, 5.74) is 0. The zero-order valence-electron chi connectivity index (χ0n) is 44.6. The number of hydrogen-bond acceptors (Lipinski definition) is 10. The maximum atomic E-state index is 12.9. The van der Waals surface area contributed by atoms with Crippen LogP contribution in [0.2, 0.25) is 0 Å². The maximum Gasteiger partial charge on any atom is 0.472 e. The van der Waals surface area contributed by atoms with Gasteiger partial charge in [-0.3, -0.25) is 23.4 Å². The van der Waals surface area contributed by atoms with Crippen LogP contribution in [0.5, 0.6) is 0 Å². The Morgan fingerprint density at radius 3 is 1.21 bits per heavy atom. The fourth-order valence-corrected chi connectivity index (χ4v) is 7.27. The van der Waals surface area contributed by atoms with E-state index in [1.54, 1.807) is 0 Å². The fourth-order valence-electron chi connectivity index (χ4n) is 6.49. The second kappa shape index (κ2) is 52.9. The molecule has 0 aliphatic carbocycles. The summed E-state index contributed by atoms with van der Waals surface area (Å²) in [7, 11) is -4.78. The summed E-state index contributed by atoms with van der Waals surface area (Å²) in [6, 6.07) is 0. The van der Waals surface area contributed by atoms with Crippen LogP contribution in [0.25, 0.3) is 0 Å². The van der Waals surface area contributed by atoms with Crippen molar-refractivity contribution in [2.24, 2.45) is 0 Å². The van der Waals surface area contributed by atoms with Crippen LogP contribution in [0.3, 0.4) is 0 Å². The molecule has 0 heterocycles. The molecule has 72 heavy (non-hydrogen) atoms.